The molecule has 3 aromatic carbocycles. The van der Waals surface area contributed by atoms with Crippen molar-refractivity contribution in [3.8, 4) is 0 Å². The molecular weight excluding hydrogens is 585 g/mol. The van der Waals surface area contributed by atoms with E-state index in [1.165, 1.54) is 12.1 Å². The second-order valence-electron chi connectivity index (χ2n) is 9.20. The Morgan fingerprint density at radius 3 is 2.46 bits per heavy atom. The van der Waals surface area contributed by atoms with Gasteiger partial charge in [-0.1, -0.05) is 17.7 Å². The lowest BCUT2D eigenvalue weighted by Gasteiger charge is -2.31. The maximum atomic E-state index is 14.0. The summed E-state index contributed by atoms with van der Waals surface area (Å²) in [6, 6.07) is 3.68. The molecule has 1 atom stereocenters. The van der Waals surface area contributed by atoms with Crippen LogP contribution in [0.1, 0.15) is 49.0 Å². The second-order valence-corrected chi connectivity index (χ2v) is 9.61. The minimum Gasteiger partial charge on any atom is -0.341 e. The van der Waals surface area contributed by atoms with E-state index in [0.717, 1.165) is 17.0 Å². The fourth-order valence-electron chi connectivity index (χ4n) is 4.76. The van der Waals surface area contributed by atoms with Crippen LogP contribution in [0, 0.1) is 11.6 Å². The monoisotopic (exact) mass is 600 g/mol. The molecule has 3 N–H and O–H groups in total. The Kier molecular flexibility index (Phi) is 7.05. The molecule has 4 amide bonds. The molecule has 0 spiro atoms. The largest absolute Gasteiger partial charge is 0.416 e. The number of fused-ring (bicyclic) bond motifs is 3. The van der Waals surface area contributed by atoms with Crippen molar-refractivity contribution in [2.45, 2.75) is 25.2 Å². The van der Waals surface area contributed by atoms with Gasteiger partial charge in [0.2, 0.25) is 0 Å². The van der Waals surface area contributed by atoms with Crippen LogP contribution < -0.4 is 16.0 Å². The Hall–Kier alpha value is -4.33. The number of nitrogens with zero attached hydrogens (tertiary/aromatic N) is 1. The quantitative estimate of drug-likeness (QED) is 0.299. The van der Waals surface area contributed by atoms with Crippen LogP contribution in [0.25, 0.3) is 0 Å². The molecule has 5 rings (SSSR count). The third-order valence-corrected chi connectivity index (χ3v) is 6.82. The average molecular weight is 601 g/mol. The van der Waals surface area contributed by atoms with Crippen molar-refractivity contribution in [2.24, 2.45) is 0 Å². The Morgan fingerprint density at radius 1 is 1.07 bits per heavy atom. The lowest BCUT2D eigenvalue weighted by molar-refractivity contribution is -0.137. The van der Waals surface area contributed by atoms with E-state index in [9.17, 15) is 45.1 Å². The molecule has 2 aliphatic rings. The molecule has 41 heavy (non-hydrogen) atoms. The van der Waals surface area contributed by atoms with Gasteiger partial charge >= 0.3 is 12.2 Å². The third-order valence-electron chi connectivity index (χ3n) is 6.49. The van der Waals surface area contributed by atoms with Gasteiger partial charge < -0.3 is 20.9 Å². The highest BCUT2D eigenvalue weighted by atomic mass is 35.5. The topological polar surface area (TPSA) is 90.5 Å². The lowest BCUT2D eigenvalue weighted by atomic mass is 9.92. The predicted molar refractivity (Wildman–Crippen MR) is 132 cm³/mol. The molecule has 3 aromatic rings. The van der Waals surface area contributed by atoms with Crippen LogP contribution in [0.4, 0.5) is 46.9 Å². The normalized spacial score (nSPS) is 16.3. The van der Waals surface area contributed by atoms with E-state index in [-0.39, 0.29) is 44.7 Å². The van der Waals surface area contributed by atoms with Crippen molar-refractivity contribution in [2.75, 3.05) is 17.2 Å². The van der Waals surface area contributed by atoms with E-state index < -0.39 is 72.3 Å². The van der Waals surface area contributed by atoms with Crippen LogP contribution in [0.5, 0.6) is 0 Å². The molecule has 0 radical (unpaired) electrons. The van der Waals surface area contributed by atoms with Crippen molar-refractivity contribution < 1.29 is 45.1 Å². The van der Waals surface area contributed by atoms with Crippen LogP contribution in [-0.4, -0.2) is 35.7 Å². The number of halogens is 8. The maximum Gasteiger partial charge on any atom is 0.416 e. The van der Waals surface area contributed by atoms with Gasteiger partial charge in [-0.15, -0.1) is 0 Å². The van der Waals surface area contributed by atoms with Crippen molar-refractivity contribution in [1.29, 1.82) is 0 Å². The standard InChI is InChI=1S/C26H16ClF7N4O3/c27-16-7-13(28)1-2-15(16)22-19-17(35-23(39)10-3-12(26(32,33)34)6-14(29)4-10)5-11-8-38(9-18(30)31)25(41)37-21(11)20(19)24(40)36-22/h1-7,18,22H,8-9H2,(H,35,39)(H,36,40)(H,37,41). The average Bonchev–Trinajstić information content (AvgIpc) is 3.21. The van der Waals surface area contributed by atoms with E-state index in [0.29, 0.717) is 12.1 Å². The first-order valence-corrected chi connectivity index (χ1v) is 12.1. The summed E-state index contributed by atoms with van der Waals surface area (Å²) in [7, 11) is 0. The molecule has 2 aliphatic heterocycles. The van der Waals surface area contributed by atoms with Crippen molar-refractivity contribution in [3.05, 3.63) is 92.5 Å². The summed E-state index contributed by atoms with van der Waals surface area (Å²) in [5.41, 5.74) is -2.22. The first-order valence-electron chi connectivity index (χ1n) is 11.7. The number of hydrogen-bond donors (Lipinski definition) is 3. The Morgan fingerprint density at radius 2 is 1.80 bits per heavy atom. The zero-order valence-electron chi connectivity index (χ0n) is 20.3. The number of nitrogens with one attached hydrogen (secondary N) is 3. The Bertz CT molecular complexity index is 1610. The molecule has 0 saturated heterocycles. The van der Waals surface area contributed by atoms with Gasteiger partial charge in [-0.2, -0.15) is 13.2 Å². The second kappa shape index (κ2) is 10.3. The Balaban J connectivity index is 1.65. The summed E-state index contributed by atoms with van der Waals surface area (Å²) in [4.78, 5) is 39.6. The number of carbonyl (C=O) groups is 3. The van der Waals surface area contributed by atoms with Gasteiger partial charge in [0, 0.05) is 28.4 Å². The molecule has 0 aliphatic carbocycles. The smallest absolute Gasteiger partial charge is 0.341 e. The van der Waals surface area contributed by atoms with Gasteiger partial charge in [0.25, 0.3) is 18.2 Å². The molecule has 1 unspecified atom stereocenters. The fourth-order valence-corrected chi connectivity index (χ4v) is 5.04. The zero-order chi connectivity index (χ0) is 29.8. The van der Waals surface area contributed by atoms with Gasteiger partial charge in [-0.05, 0) is 47.5 Å². The number of alkyl halides is 5. The van der Waals surface area contributed by atoms with Crippen molar-refractivity contribution in [3.63, 3.8) is 0 Å². The number of carbonyl (C=O) groups excluding carboxylic acids is 3. The highest BCUT2D eigenvalue weighted by Gasteiger charge is 2.40. The highest BCUT2D eigenvalue weighted by molar-refractivity contribution is 6.31. The van der Waals surface area contributed by atoms with E-state index >= 15 is 0 Å². The molecule has 7 nitrogen and oxygen atoms in total. The van der Waals surface area contributed by atoms with Gasteiger partial charge in [0.1, 0.15) is 11.6 Å². The van der Waals surface area contributed by atoms with Crippen LogP contribution in [0.15, 0.2) is 42.5 Å². The van der Waals surface area contributed by atoms with Crippen LogP contribution in [-0.2, 0) is 12.7 Å². The summed E-state index contributed by atoms with van der Waals surface area (Å²) in [6.45, 7) is -1.36. The van der Waals surface area contributed by atoms with Gasteiger partial charge in [-0.25, -0.2) is 22.4 Å². The minimum absolute atomic E-state index is 0.00525. The number of hydrogen-bond acceptors (Lipinski definition) is 3. The summed E-state index contributed by atoms with van der Waals surface area (Å²) >= 11 is 6.22. The number of amides is 4. The van der Waals surface area contributed by atoms with Gasteiger partial charge in [0.05, 0.1) is 29.4 Å². The van der Waals surface area contributed by atoms with Crippen LogP contribution in [0.2, 0.25) is 5.02 Å². The van der Waals surface area contributed by atoms with E-state index in [4.69, 9.17) is 11.6 Å². The number of benzene rings is 3. The first kappa shape index (κ1) is 28.2. The molecular formula is C26H16ClF7N4O3. The number of rotatable bonds is 5. The summed E-state index contributed by atoms with van der Waals surface area (Å²) in [5, 5.41) is 7.25. The van der Waals surface area contributed by atoms with Gasteiger partial charge in [-0.3, -0.25) is 9.59 Å². The molecule has 0 aromatic heterocycles. The number of urea groups is 1. The van der Waals surface area contributed by atoms with Crippen LogP contribution in [0.3, 0.4) is 0 Å². The summed E-state index contributed by atoms with van der Waals surface area (Å²) < 4.78 is 93.6. The van der Waals surface area contributed by atoms with Crippen LogP contribution >= 0.6 is 11.6 Å². The maximum absolute atomic E-state index is 14.0. The fraction of sp³-hybridized carbons (Fsp3) is 0.192. The van der Waals surface area contributed by atoms with Crippen molar-refractivity contribution >= 4 is 40.8 Å². The van der Waals surface area contributed by atoms with E-state index in [1.54, 1.807) is 0 Å². The highest BCUT2D eigenvalue weighted by Crippen LogP contribution is 2.45. The zero-order valence-corrected chi connectivity index (χ0v) is 21.1. The van der Waals surface area contributed by atoms with Gasteiger partial charge in [0.15, 0.2) is 0 Å². The SMILES string of the molecule is O=C(Nc1cc2c(c3c1C(c1ccc(F)cc1Cl)NC3=O)NC(=O)N(CC(F)F)C2)c1cc(F)cc(C(F)(F)F)c1. The Labute approximate surface area is 231 Å². The molecule has 15 heteroatoms. The summed E-state index contributed by atoms with van der Waals surface area (Å²) in [5.74, 6) is -3.99. The molecule has 2 heterocycles. The lowest BCUT2D eigenvalue weighted by Crippen LogP contribution is -2.42. The van der Waals surface area contributed by atoms with E-state index in [1.807, 2.05) is 0 Å². The summed E-state index contributed by atoms with van der Waals surface area (Å²) in [6.07, 6.45) is -7.85. The molecule has 0 saturated carbocycles. The predicted octanol–water partition coefficient (Wildman–Crippen LogP) is 6.33. The molecule has 0 fully saturated rings. The molecule has 214 valence electrons. The number of anilines is 2. The molecule has 0 bridgehead atoms. The first-order chi connectivity index (χ1) is 19.2. The van der Waals surface area contributed by atoms with E-state index in [2.05, 4.69) is 16.0 Å². The third kappa shape index (κ3) is 5.38. The minimum atomic E-state index is -4.96. The van der Waals surface area contributed by atoms with Crippen molar-refractivity contribution in [1.82, 2.24) is 10.2 Å².